The van der Waals surface area contributed by atoms with Gasteiger partial charge in [-0.15, -0.1) is 0 Å². The Labute approximate surface area is 225 Å². The molecular weight excluding hydrogens is 540 g/mol. The zero-order valence-corrected chi connectivity index (χ0v) is 26.0. The summed E-state index contributed by atoms with van der Waals surface area (Å²) in [5, 5.41) is 5.97. The fourth-order valence-corrected chi connectivity index (χ4v) is 4.49. The summed E-state index contributed by atoms with van der Waals surface area (Å²) in [4.78, 5) is 29.1. The van der Waals surface area contributed by atoms with Crippen molar-refractivity contribution in [2.75, 3.05) is 18.5 Å². The standard InChI is InChI=1S/C25H43BrN6O3Si/c1-16(29-23(33)35-25(5,6)7)15-28-22-27-12-11-17(30-22)18-20(26)32-21(31-18)19(24(2,3)4)34-13-14-36(8,9)10/h11-12,16,19H,13-15H2,1-10H3,(H,29,33)(H,31,32)(H,27,28,30). The third-order valence-electron chi connectivity index (χ3n) is 5.08. The fraction of sp³-hybridized carbons (Fsp3) is 0.680. The van der Waals surface area contributed by atoms with E-state index < -0.39 is 19.8 Å². The molecule has 0 aliphatic rings. The van der Waals surface area contributed by atoms with E-state index in [0.29, 0.717) is 30.5 Å². The van der Waals surface area contributed by atoms with Gasteiger partial charge in [-0.3, -0.25) is 0 Å². The molecule has 36 heavy (non-hydrogen) atoms. The second-order valence-corrected chi connectivity index (χ2v) is 18.8. The van der Waals surface area contributed by atoms with Crippen molar-refractivity contribution in [3.05, 3.63) is 22.7 Å². The first kappa shape index (κ1) is 30.2. The highest BCUT2D eigenvalue weighted by Crippen LogP contribution is 2.37. The molecule has 11 heteroatoms. The van der Waals surface area contributed by atoms with Crippen LogP contribution < -0.4 is 10.6 Å². The normalized spacial score (nSPS) is 14.3. The van der Waals surface area contributed by atoms with E-state index in [1.807, 2.05) is 33.8 Å². The van der Waals surface area contributed by atoms with Crippen molar-refractivity contribution in [2.24, 2.45) is 5.41 Å². The highest BCUT2D eigenvalue weighted by Gasteiger charge is 2.31. The number of anilines is 1. The predicted molar refractivity (Wildman–Crippen MR) is 151 cm³/mol. The molecule has 2 rings (SSSR count). The number of hydrogen-bond acceptors (Lipinski definition) is 7. The van der Waals surface area contributed by atoms with Crippen molar-refractivity contribution in [1.82, 2.24) is 25.3 Å². The van der Waals surface area contributed by atoms with E-state index in [4.69, 9.17) is 14.5 Å². The van der Waals surface area contributed by atoms with Crippen LogP contribution in [0.1, 0.15) is 60.4 Å². The van der Waals surface area contributed by atoms with Crippen LogP contribution in [0.15, 0.2) is 16.9 Å². The number of ether oxygens (including phenoxy) is 2. The van der Waals surface area contributed by atoms with Gasteiger partial charge in [0.15, 0.2) is 0 Å². The monoisotopic (exact) mass is 582 g/mol. The number of rotatable bonds is 10. The number of alkyl carbamates (subject to hydrolysis) is 1. The lowest BCUT2D eigenvalue weighted by Crippen LogP contribution is -2.41. The van der Waals surface area contributed by atoms with Crippen LogP contribution in [-0.4, -0.2) is 58.9 Å². The zero-order valence-electron chi connectivity index (χ0n) is 23.4. The topological polar surface area (TPSA) is 114 Å². The minimum Gasteiger partial charge on any atom is -0.444 e. The maximum absolute atomic E-state index is 12.0. The van der Waals surface area contributed by atoms with Crippen LogP contribution in [0.4, 0.5) is 10.7 Å². The largest absolute Gasteiger partial charge is 0.444 e. The van der Waals surface area contributed by atoms with Crippen LogP contribution in [-0.2, 0) is 9.47 Å². The van der Waals surface area contributed by atoms with Gasteiger partial charge in [-0.25, -0.2) is 19.7 Å². The molecule has 0 bridgehead atoms. The minimum atomic E-state index is -1.20. The molecule has 0 spiro atoms. The Balaban J connectivity index is 2.11. The first-order chi connectivity index (χ1) is 16.4. The van der Waals surface area contributed by atoms with E-state index in [0.717, 1.165) is 16.5 Å². The van der Waals surface area contributed by atoms with Crippen molar-refractivity contribution in [3.8, 4) is 11.4 Å². The third kappa shape index (κ3) is 10.2. The Morgan fingerprint density at radius 1 is 1.17 bits per heavy atom. The number of hydrogen-bond donors (Lipinski definition) is 3. The number of nitrogens with zero attached hydrogens (tertiary/aromatic N) is 3. The fourth-order valence-electron chi connectivity index (χ4n) is 3.26. The zero-order chi connectivity index (χ0) is 27.3. The molecule has 2 atom stereocenters. The van der Waals surface area contributed by atoms with E-state index in [-0.39, 0.29) is 17.6 Å². The first-order valence-corrected chi connectivity index (χ1v) is 16.9. The van der Waals surface area contributed by atoms with E-state index in [9.17, 15) is 4.79 Å². The number of aromatic nitrogens is 4. The van der Waals surface area contributed by atoms with Gasteiger partial charge < -0.3 is 25.1 Å². The smallest absolute Gasteiger partial charge is 0.407 e. The summed E-state index contributed by atoms with van der Waals surface area (Å²) >= 11 is 3.62. The number of imidazole rings is 1. The maximum atomic E-state index is 12.0. The predicted octanol–water partition coefficient (Wildman–Crippen LogP) is 6.40. The molecule has 202 valence electrons. The van der Waals surface area contributed by atoms with E-state index in [2.05, 4.69) is 81.9 Å². The van der Waals surface area contributed by atoms with Crippen molar-refractivity contribution >= 4 is 36.0 Å². The molecule has 2 aromatic rings. The van der Waals surface area contributed by atoms with Gasteiger partial charge in [0.2, 0.25) is 5.95 Å². The lowest BCUT2D eigenvalue weighted by molar-refractivity contribution is -0.0189. The van der Waals surface area contributed by atoms with Gasteiger partial charge in [0.1, 0.15) is 27.8 Å². The Bertz CT molecular complexity index is 1010. The molecule has 0 aliphatic heterocycles. The number of halogens is 1. The molecule has 1 amide bonds. The molecule has 0 fully saturated rings. The number of amides is 1. The molecule has 0 aliphatic carbocycles. The molecule has 2 unspecified atom stereocenters. The Morgan fingerprint density at radius 3 is 2.42 bits per heavy atom. The van der Waals surface area contributed by atoms with Gasteiger partial charge in [-0.1, -0.05) is 40.4 Å². The van der Waals surface area contributed by atoms with Crippen molar-refractivity contribution in [2.45, 2.75) is 91.9 Å². The molecule has 2 heterocycles. The van der Waals surface area contributed by atoms with E-state index in [1.165, 1.54) is 0 Å². The molecule has 0 radical (unpaired) electrons. The van der Waals surface area contributed by atoms with Crippen LogP contribution in [0.25, 0.3) is 11.4 Å². The summed E-state index contributed by atoms with van der Waals surface area (Å²) in [6.45, 7) is 22.0. The van der Waals surface area contributed by atoms with Crippen molar-refractivity contribution in [3.63, 3.8) is 0 Å². The van der Waals surface area contributed by atoms with Gasteiger partial charge in [-0.2, -0.15) is 0 Å². The van der Waals surface area contributed by atoms with E-state index >= 15 is 0 Å². The highest BCUT2D eigenvalue weighted by molar-refractivity contribution is 9.10. The number of carbonyl (C=O) groups excluding carboxylic acids is 1. The summed E-state index contributed by atoms with van der Waals surface area (Å²) in [5.74, 6) is 1.21. The molecule has 0 saturated heterocycles. The highest BCUT2D eigenvalue weighted by atomic mass is 79.9. The SMILES string of the molecule is CC(CNc1nccc(-c2nc(C(OCC[Si](C)(C)C)C(C)(C)C)[nH]c2Br)n1)NC(=O)OC(C)(C)C. The molecule has 3 N–H and O–H groups in total. The molecule has 2 aromatic heterocycles. The van der Waals surface area contributed by atoms with Gasteiger partial charge in [-0.05, 0) is 61.2 Å². The van der Waals surface area contributed by atoms with Gasteiger partial charge in [0.25, 0.3) is 0 Å². The summed E-state index contributed by atoms with van der Waals surface area (Å²) < 4.78 is 12.4. The maximum Gasteiger partial charge on any atom is 0.407 e. The lowest BCUT2D eigenvalue weighted by Gasteiger charge is -2.30. The van der Waals surface area contributed by atoms with E-state index in [1.54, 1.807) is 6.20 Å². The lowest BCUT2D eigenvalue weighted by atomic mass is 9.88. The quantitative estimate of drug-likeness (QED) is 0.278. The average Bonchev–Trinajstić information content (AvgIpc) is 3.07. The van der Waals surface area contributed by atoms with Gasteiger partial charge in [0.05, 0.1) is 5.69 Å². The van der Waals surface area contributed by atoms with Crippen LogP contribution in [0.3, 0.4) is 0 Å². The Morgan fingerprint density at radius 2 is 1.83 bits per heavy atom. The van der Waals surface area contributed by atoms with Crippen LogP contribution in [0, 0.1) is 5.41 Å². The Hall–Kier alpha value is -1.98. The molecule has 0 aromatic carbocycles. The minimum absolute atomic E-state index is 0.135. The second kappa shape index (κ2) is 12.0. The summed E-state index contributed by atoms with van der Waals surface area (Å²) in [5.41, 5.74) is 0.683. The first-order valence-electron chi connectivity index (χ1n) is 12.4. The van der Waals surface area contributed by atoms with Crippen LogP contribution >= 0.6 is 15.9 Å². The van der Waals surface area contributed by atoms with Crippen molar-refractivity contribution < 1.29 is 14.3 Å². The number of H-pyrrole nitrogens is 1. The summed E-state index contributed by atoms with van der Waals surface area (Å²) in [6, 6.07) is 2.73. The molecule has 0 saturated carbocycles. The Kier molecular flexibility index (Phi) is 10.1. The van der Waals surface area contributed by atoms with Crippen LogP contribution in [0.2, 0.25) is 25.7 Å². The van der Waals surface area contributed by atoms with Crippen LogP contribution in [0.5, 0.6) is 0 Å². The van der Waals surface area contributed by atoms with Gasteiger partial charge >= 0.3 is 6.09 Å². The van der Waals surface area contributed by atoms with Gasteiger partial charge in [0, 0.05) is 33.5 Å². The molecule has 9 nitrogen and oxygen atoms in total. The number of nitrogens with one attached hydrogen (secondary N) is 3. The summed E-state index contributed by atoms with van der Waals surface area (Å²) in [7, 11) is -1.20. The summed E-state index contributed by atoms with van der Waals surface area (Å²) in [6.07, 6.45) is 1.04. The number of aromatic amines is 1. The average molecular weight is 584 g/mol. The molecular formula is C25H43BrN6O3Si. The van der Waals surface area contributed by atoms with Crippen molar-refractivity contribution in [1.29, 1.82) is 0 Å². The number of carbonyl (C=O) groups is 1. The third-order valence-corrected chi connectivity index (χ3v) is 7.36. The second-order valence-electron chi connectivity index (χ2n) is 12.4.